The van der Waals surface area contributed by atoms with Crippen molar-refractivity contribution in [3.05, 3.63) is 45.7 Å². The summed E-state index contributed by atoms with van der Waals surface area (Å²) in [6, 6.07) is 6.42. The molecule has 0 saturated carbocycles. The highest BCUT2D eigenvalue weighted by Crippen LogP contribution is 2.16. The van der Waals surface area contributed by atoms with Gasteiger partial charge in [0.25, 0.3) is 0 Å². The largest absolute Gasteiger partial charge is 0.465 e. The van der Waals surface area contributed by atoms with E-state index in [2.05, 4.69) is 0 Å². The Balaban J connectivity index is 2.49. The number of nitrogens with zero attached hydrogens (tertiary/aromatic N) is 1. The minimum Gasteiger partial charge on any atom is -0.465 e. The summed E-state index contributed by atoms with van der Waals surface area (Å²) in [5.74, 6) is -0.336. The van der Waals surface area contributed by atoms with Crippen molar-refractivity contribution in [1.82, 2.24) is 4.57 Å². The minimum atomic E-state index is -0.336. The Hall–Kier alpha value is -1.81. The smallest absolute Gasteiger partial charge is 0.325 e. The fourth-order valence-corrected chi connectivity index (χ4v) is 1.94. The minimum absolute atomic E-state index is 0.0756. The van der Waals surface area contributed by atoms with Crippen LogP contribution in [0.5, 0.6) is 0 Å². The summed E-state index contributed by atoms with van der Waals surface area (Å²) in [5, 5.41) is 0.989. The zero-order valence-electron chi connectivity index (χ0n) is 9.85. The predicted molar refractivity (Wildman–Crippen MR) is 69.9 cm³/mol. The number of pyridine rings is 1. The zero-order valence-corrected chi connectivity index (χ0v) is 10.6. The lowest BCUT2D eigenvalue weighted by Gasteiger charge is -2.10. The molecule has 18 heavy (non-hydrogen) atoms. The summed E-state index contributed by atoms with van der Waals surface area (Å²) in [5.41, 5.74) is 0.549. The molecule has 4 nitrogen and oxygen atoms in total. The molecule has 1 aromatic carbocycles. The molecule has 0 aliphatic carbocycles. The molecule has 1 heterocycles. The van der Waals surface area contributed by atoms with E-state index in [1.54, 1.807) is 35.9 Å². The maximum atomic E-state index is 11.7. The number of rotatable bonds is 3. The monoisotopic (exact) mass is 265 g/mol. The zero-order chi connectivity index (χ0) is 13.1. The van der Waals surface area contributed by atoms with Gasteiger partial charge in [-0.1, -0.05) is 11.6 Å². The first-order chi connectivity index (χ1) is 8.61. The summed E-state index contributed by atoms with van der Waals surface area (Å²) in [6.45, 7) is 2.16. The maximum Gasteiger partial charge on any atom is 0.325 e. The molecule has 2 aromatic rings. The summed E-state index contributed by atoms with van der Waals surface area (Å²) < 4.78 is 6.56. The first-order valence-electron chi connectivity index (χ1n) is 5.56. The molecular formula is C13H12ClNO3. The Labute approximate surface area is 109 Å². The van der Waals surface area contributed by atoms with Crippen molar-refractivity contribution in [3.63, 3.8) is 0 Å². The summed E-state index contributed by atoms with van der Waals surface area (Å²) in [4.78, 5) is 23.2. The molecule has 2 rings (SSSR count). The second kappa shape index (κ2) is 5.23. The van der Waals surface area contributed by atoms with Crippen LogP contribution < -0.4 is 5.43 Å². The van der Waals surface area contributed by atoms with Gasteiger partial charge in [-0.25, -0.2) is 0 Å². The van der Waals surface area contributed by atoms with Crippen LogP contribution in [0.3, 0.4) is 0 Å². The number of esters is 1. The molecule has 0 spiro atoms. The molecule has 0 aliphatic rings. The van der Waals surface area contributed by atoms with Gasteiger partial charge in [-0.15, -0.1) is 0 Å². The van der Waals surface area contributed by atoms with Gasteiger partial charge in [-0.2, -0.15) is 0 Å². The van der Waals surface area contributed by atoms with Crippen molar-refractivity contribution in [2.45, 2.75) is 13.5 Å². The molecule has 0 radical (unpaired) electrons. The molecule has 0 fully saturated rings. The second-order valence-corrected chi connectivity index (χ2v) is 4.21. The lowest BCUT2D eigenvalue weighted by Crippen LogP contribution is -2.16. The normalized spacial score (nSPS) is 10.6. The number of fused-ring (bicyclic) bond motifs is 1. The van der Waals surface area contributed by atoms with E-state index in [1.165, 1.54) is 6.07 Å². The van der Waals surface area contributed by atoms with E-state index in [1.807, 2.05) is 0 Å². The average molecular weight is 266 g/mol. The highest BCUT2D eigenvalue weighted by atomic mass is 35.5. The molecule has 1 aromatic heterocycles. The number of aromatic nitrogens is 1. The van der Waals surface area contributed by atoms with Gasteiger partial charge < -0.3 is 9.30 Å². The number of hydrogen-bond donors (Lipinski definition) is 0. The van der Waals surface area contributed by atoms with E-state index in [0.717, 1.165) is 0 Å². The molecule has 0 bridgehead atoms. The maximum absolute atomic E-state index is 11.7. The highest BCUT2D eigenvalue weighted by Gasteiger charge is 2.07. The number of carbonyl (C=O) groups excluding carboxylic acids is 1. The first kappa shape index (κ1) is 12.6. The van der Waals surface area contributed by atoms with E-state index < -0.39 is 0 Å². The van der Waals surface area contributed by atoms with Crippen LogP contribution in [0.25, 0.3) is 10.9 Å². The van der Waals surface area contributed by atoms with E-state index in [4.69, 9.17) is 16.3 Å². The number of hydrogen-bond acceptors (Lipinski definition) is 3. The molecule has 5 heteroatoms. The lowest BCUT2D eigenvalue weighted by atomic mass is 10.2. The van der Waals surface area contributed by atoms with Gasteiger partial charge >= 0.3 is 5.97 Å². The quantitative estimate of drug-likeness (QED) is 0.800. The van der Waals surface area contributed by atoms with Gasteiger partial charge in [0.15, 0.2) is 5.43 Å². The van der Waals surface area contributed by atoms with Gasteiger partial charge in [-0.05, 0) is 25.1 Å². The van der Waals surface area contributed by atoms with Crippen molar-refractivity contribution < 1.29 is 9.53 Å². The topological polar surface area (TPSA) is 48.3 Å². The molecule has 0 aliphatic heterocycles. The number of carbonyl (C=O) groups is 1. The third-order valence-electron chi connectivity index (χ3n) is 2.54. The summed E-state index contributed by atoms with van der Waals surface area (Å²) >= 11 is 5.86. The average Bonchev–Trinajstić information content (AvgIpc) is 2.33. The van der Waals surface area contributed by atoms with Crippen molar-refractivity contribution in [2.75, 3.05) is 6.61 Å². The fourth-order valence-electron chi connectivity index (χ4n) is 1.77. The fraction of sp³-hybridized carbons (Fsp3) is 0.231. The Morgan fingerprint density at radius 1 is 1.39 bits per heavy atom. The van der Waals surface area contributed by atoms with Crippen LogP contribution in [0.1, 0.15) is 6.92 Å². The number of benzene rings is 1. The molecule has 0 amide bonds. The van der Waals surface area contributed by atoms with E-state index in [9.17, 15) is 9.59 Å². The predicted octanol–water partition coefficient (Wildman–Crippen LogP) is 2.22. The molecule has 94 valence electrons. The van der Waals surface area contributed by atoms with Crippen LogP contribution in [-0.2, 0) is 16.1 Å². The Morgan fingerprint density at radius 3 is 2.89 bits per heavy atom. The van der Waals surface area contributed by atoms with Gasteiger partial charge in [0.1, 0.15) is 6.54 Å². The summed E-state index contributed by atoms with van der Waals surface area (Å²) in [6.07, 6.45) is 1.58. The first-order valence-corrected chi connectivity index (χ1v) is 5.94. The van der Waals surface area contributed by atoms with Gasteiger partial charge in [0.05, 0.1) is 12.1 Å². The van der Waals surface area contributed by atoms with Crippen molar-refractivity contribution >= 4 is 28.5 Å². The van der Waals surface area contributed by atoms with E-state index in [-0.39, 0.29) is 17.9 Å². The van der Waals surface area contributed by atoms with Gasteiger partial charge in [0.2, 0.25) is 0 Å². The molecule has 0 saturated heterocycles. The second-order valence-electron chi connectivity index (χ2n) is 3.77. The van der Waals surface area contributed by atoms with Crippen molar-refractivity contribution in [2.24, 2.45) is 0 Å². The molecule has 0 atom stereocenters. The van der Waals surface area contributed by atoms with Crippen molar-refractivity contribution in [3.8, 4) is 0 Å². The SMILES string of the molecule is CCOC(=O)Cn1ccc(=O)c2cc(Cl)ccc21. The number of ether oxygens (including phenoxy) is 1. The van der Waals surface area contributed by atoms with Crippen LogP contribution in [0.15, 0.2) is 35.3 Å². The van der Waals surface area contributed by atoms with Crippen LogP contribution in [-0.4, -0.2) is 17.1 Å². The van der Waals surface area contributed by atoms with Gasteiger partial charge in [0, 0.05) is 22.7 Å². The number of halogens is 1. The lowest BCUT2D eigenvalue weighted by molar-refractivity contribution is -0.143. The Bertz CT molecular complexity index is 648. The van der Waals surface area contributed by atoms with Crippen LogP contribution in [0.2, 0.25) is 5.02 Å². The molecule has 0 unspecified atom stereocenters. The summed E-state index contributed by atoms with van der Waals surface area (Å²) in [7, 11) is 0. The molecule has 0 N–H and O–H groups in total. The third kappa shape index (κ3) is 2.54. The van der Waals surface area contributed by atoms with Crippen LogP contribution in [0.4, 0.5) is 0 Å². The molecular weight excluding hydrogens is 254 g/mol. The Kier molecular flexibility index (Phi) is 3.67. The van der Waals surface area contributed by atoms with Gasteiger partial charge in [-0.3, -0.25) is 9.59 Å². The standard InChI is InChI=1S/C13H12ClNO3/c1-2-18-13(17)8-15-6-5-12(16)10-7-9(14)3-4-11(10)15/h3-7H,2,8H2,1H3. The van der Waals surface area contributed by atoms with Crippen LogP contribution in [0, 0.1) is 0 Å². The van der Waals surface area contributed by atoms with Crippen molar-refractivity contribution in [1.29, 1.82) is 0 Å². The highest BCUT2D eigenvalue weighted by molar-refractivity contribution is 6.31. The Morgan fingerprint density at radius 2 is 2.17 bits per heavy atom. The third-order valence-corrected chi connectivity index (χ3v) is 2.78. The van der Waals surface area contributed by atoms with Crippen LogP contribution >= 0.6 is 11.6 Å². The van der Waals surface area contributed by atoms with E-state index >= 15 is 0 Å². The van der Waals surface area contributed by atoms with E-state index in [0.29, 0.717) is 22.5 Å².